The zero-order chi connectivity index (χ0) is 12.1. The van der Waals surface area contributed by atoms with E-state index in [-0.39, 0.29) is 17.9 Å². The predicted molar refractivity (Wildman–Crippen MR) is 61.0 cm³/mol. The van der Waals surface area contributed by atoms with Crippen molar-refractivity contribution in [3.8, 4) is 0 Å². The first-order valence-electron chi connectivity index (χ1n) is 5.71. The number of allylic oxidation sites excluding steroid dienone is 1. The zero-order valence-corrected chi connectivity index (χ0v) is 9.82. The molecule has 0 aliphatic heterocycles. The van der Waals surface area contributed by atoms with Crippen molar-refractivity contribution in [2.45, 2.75) is 45.6 Å². The smallest absolute Gasteiger partial charge is 0.328 e. The Morgan fingerprint density at radius 3 is 2.38 bits per heavy atom. The zero-order valence-electron chi connectivity index (χ0n) is 9.82. The number of carbonyl (C=O) groups is 2. The van der Waals surface area contributed by atoms with Crippen molar-refractivity contribution in [1.29, 1.82) is 0 Å². The summed E-state index contributed by atoms with van der Waals surface area (Å²) in [4.78, 5) is 22.2. The molecule has 0 aromatic carbocycles. The molecule has 1 saturated carbocycles. The molecule has 0 unspecified atom stereocenters. The van der Waals surface area contributed by atoms with Gasteiger partial charge in [0, 0.05) is 18.0 Å². The SMILES string of the molecule is CC(C)NC(=O)C1CCC(=CC(=O)O)CC1. The van der Waals surface area contributed by atoms with Gasteiger partial charge in [0.05, 0.1) is 0 Å². The van der Waals surface area contributed by atoms with Gasteiger partial charge in [0.2, 0.25) is 5.91 Å². The molecule has 1 rings (SSSR count). The Hall–Kier alpha value is -1.32. The molecule has 16 heavy (non-hydrogen) atoms. The van der Waals surface area contributed by atoms with Gasteiger partial charge in [-0.2, -0.15) is 0 Å². The van der Waals surface area contributed by atoms with Gasteiger partial charge in [-0.1, -0.05) is 5.57 Å². The minimum atomic E-state index is -0.889. The van der Waals surface area contributed by atoms with Crippen LogP contribution in [0.3, 0.4) is 0 Å². The van der Waals surface area contributed by atoms with Gasteiger partial charge in [0.25, 0.3) is 0 Å². The van der Waals surface area contributed by atoms with Crippen LogP contribution >= 0.6 is 0 Å². The number of amides is 1. The van der Waals surface area contributed by atoms with Crippen LogP contribution in [0.25, 0.3) is 0 Å². The average molecular weight is 225 g/mol. The van der Waals surface area contributed by atoms with Crippen LogP contribution < -0.4 is 5.32 Å². The number of aliphatic carboxylic acids is 1. The van der Waals surface area contributed by atoms with Crippen LogP contribution in [-0.4, -0.2) is 23.0 Å². The molecule has 0 aromatic rings. The fourth-order valence-corrected chi connectivity index (χ4v) is 1.97. The van der Waals surface area contributed by atoms with Gasteiger partial charge >= 0.3 is 5.97 Å². The number of carboxylic acids is 1. The van der Waals surface area contributed by atoms with E-state index < -0.39 is 5.97 Å². The highest BCUT2D eigenvalue weighted by atomic mass is 16.4. The number of rotatable bonds is 3. The van der Waals surface area contributed by atoms with Gasteiger partial charge < -0.3 is 10.4 Å². The highest BCUT2D eigenvalue weighted by molar-refractivity contribution is 5.81. The molecular weight excluding hydrogens is 206 g/mol. The third-order valence-electron chi connectivity index (χ3n) is 2.76. The molecule has 2 N–H and O–H groups in total. The van der Waals surface area contributed by atoms with Crippen molar-refractivity contribution >= 4 is 11.9 Å². The van der Waals surface area contributed by atoms with E-state index in [1.165, 1.54) is 6.08 Å². The summed E-state index contributed by atoms with van der Waals surface area (Å²) in [5.41, 5.74) is 0.945. The molecule has 0 aromatic heterocycles. The third kappa shape index (κ3) is 4.04. The largest absolute Gasteiger partial charge is 0.478 e. The number of hydrogen-bond acceptors (Lipinski definition) is 2. The van der Waals surface area contributed by atoms with Gasteiger partial charge in [0.15, 0.2) is 0 Å². The van der Waals surface area contributed by atoms with Crippen molar-refractivity contribution < 1.29 is 14.7 Å². The number of carbonyl (C=O) groups excluding carboxylic acids is 1. The van der Waals surface area contributed by atoms with Crippen LogP contribution in [-0.2, 0) is 9.59 Å². The summed E-state index contributed by atoms with van der Waals surface area (Å²) in [6.07, 6.45) is 4.25. The summed E-state index contributed by atoms with van der Waals surface area (Å²) < 4.78 is 0. The van der Waals surface area contributed by atoms with Crippen LogP contribution in [0.4, 0.5) is 0 Å². The third-order valence-corrected chi connectivity index (χ3v) is 2.76. The van der Waals surface area contributed by atoms with Crippen LogP contribution in [0.1, 0.15) is 39.5 Å². The lowest BCUT2D eigenvalue weighted by Crippen LogP contribution is -2.36. The Morgan fingerprint density at radius 2 is 1.94 bits per heavy atom. The Balaban J connectivity index is 2.43. The maximum atomic E-state index is 11.7. The standard InChI is InChI=1S/C12H19NO3/c1-8(2)13-12(16)10-5-3-9(4-6-10)7-11(14)15/h7-8,10H,3-6H2,1-2H3,(H,13,16)(H,14,15). The van der Waals surface area contributed by atoms with Gasteiger partial charge in [0.1, 0.15) is 0 Å². The van der Waals surface area contributed by atoms with E-state index in [0.717, 1.165) is 31.3 Å². The van der Waals surface area contributed by atoms with E-state index in [2.05, 4.69) is 5.32 Å². The Bertz CT molecular complexity index is 297. The lowest BCUT2D eigenvalue weighted by atomic mass is 9.85. The van der Waals surface area contributed by atoms with Gasteiger partial charge in [-0.3, -0.25) is 4.79 Å². The molecule has 0 radical (unpaired) electrons. The molecule has 0 saturated heterocycles. The fourth-order valence-electron chi connectivity index (χ4n) is 1.97. The van der Waals surface area contributed by atoms with E-state index in [1.807, 2.05) is 13.8 Å². The van der Waals surface area contributed by atoms with Gasteiger partial charge in [-0.05, 0) is 39.5 Å². The van der Waals surface area contributed by atoms with Crippen molar-refractivity contribution in [3.05, 3.63) is 11.6 Å². The molecule has 4 heteroatoms. The second-order valence-corrected chi connectivity index (χ2v) is 4.58. The minimum Gasteiger partial charge on any atom is -0.478 e. The predicted octanol–water partition coefficient (Wildman–Crippen LogP) is 1.71. The molecule has 0 spiro atoms. The molecule has 1 amide bonds. The molecule has 90 valence electrons. The van der Waals surface area contributed by atoms with E-state index in [0.29, 0.717) is 0 Å². The molecule has 0 heterocycles. The first-order chi connectivity index (χ1) is 7.49. The monoisotopic (exact) mass is 225 g/mol. The second-order valence-electron chi connectivity index (χ2n) is 4.58. The summed E-state index contributed by atoms with van der Waals surface area (Å²) in [6, 6.07) is 0.170. The van der Waals surface area contributed by atoms with Crippen molar-refractivity contribution in [3.63, 3.8) is 0 Å². The van der Waals surface area contributed by atoms with Crippen molar-refractivity contribution in [1.82, 2.24) is 5.32 Å². The number of hydrogen-bond donors (Lipinski definition) is 2. The first-order valence-corrected chi connectivity index (χ1v) is 5.71. The summed E-state index contributed by atoms with van der Waals surface area (Å²) in [5.74, 6) is -0.738. The molecule has 1 aliphatic carbocycles. The summed E-state index contributed by atoms with van der Waals surface area (Å²) >= 11 is 0. The normalized spacial score (nSPS) is 20.7. The van der Waals surface area contributed by atoms with E-state index >= 15 is 0 Å². The topological polar surface area (TPSA) is 66.4 Å². The van der Waals surface area contributed by atoms with E-state index in [4.69, 9.17) is 5.11 Å². The molecule has 0 atom stereocenters. The molecular formula is C12H19NO3. The van der Waals surface area contributed by atoms with Crippen LogP contribution in [0.15, 0.2) is 11.6 Å². The maximum Gasteiger partial charge on any atom is 0.328 e. The summed E-state index contributed by atoms with van der Waals surface area (Å²) in [7, 11) is 0. The quantitative estimate of drug-likeness (QED) is 0.718. The second kappa shape index (κ2) is 5.68. The minimum absolute atomic E-state index is 0.0494. The van der Waals surface area contributed by atoms with Crippen LogP contribution in [0, 0.1) is 5.92 Å². The van der Waals surface area contributed by atoms with Crippen molar-refractivity contribution in [2.75, 3.05) is 0 Å². The lowest BCUT2D eigenvalue weighted by Gasteiger charge is -2.23. The Labute approximate surface area is 95.7 Å². The number of nitrogens with one attached hydrogen (secondary N) is 1. The average Bonchev–Trinajstić information content (AvgIpc) is 2.16. The van der Waals surface area contributed by atoms with Crippen LogP contribution in [0.2, 0.25) is 0 Å². The lowest BCUT2D eigenvalue weighted by molar-refractivity contribution is -0.131. The molecule has 1 fully saturated rings. The Morgan fingerprint density at radius 1 is 1.38 bits per heavy atom. The number of carboxylic acid groups (broad SMARTS) is 1. The molecule has 0 bridgehead atoms. The molecule has 4 nitrogen and oxygen atoms in total. The summed E-state index contributed by atoms with van der Waals surface area (Å²) in [6.45, 7) is 3.88. The maximum absolute atomic E-state index is 11.7. The first kappa shape index (κ1) is 12.7. The summed E-state index contributed by atoms with van der Waals surface area (Å²) in [5, 5.41) is 11.5. The highest BCUT2D eigenvalue weighted by Crippen LogP contribution is 2.28. The van der Waals surface area contributed by atoms with Crippen LogP contribution in [0.5, 0.6) is 0 Å². The van der Waals surface area contributed by atoms with E-state index in [9.17, 15) is 9.59 Å². The van der Waals surface area contributed by atoms with Crippen molar-refractivity contribution in [2.24, 2.45) is 5.92 Å². The molecule has 1 aliphatic rings. The van der Waals surface area contributed by atoms with E-state index in [1.54, 1.807) is 0 Å². The van der Waals surface area contributed by atoms with Gasteiger partial charge in [-0.25, -0.2) is 4.79 Å². The highest BCUT2D eigenvalue weighted by Gasteiger charge is 2.23. The van der Waals surface area contributed by atoms with Gasteiger partial charge in [-0.15, -0.1) is 0 Å². The fraction of sp³-hybridized carbons (Fsp3) is 0.667. The Kier molecular flexibility index (Phi) is 4.52.